The Labute approximate surface area is 128 Å². The zero-order chi connectivity index (χ0) is 14.4. The predicted octanol–water partition coefficient (Wildman–Crippen LogP) is 2.78. The van der Waals surface area contributed by atoms with Gasteiger partial charge in [0.2, 0.25) is 0 Å². The second kappa shape index (κ2) is 7.76. The molecule has 0 spiro atoms. The van der Waals surface area contributed by atoms with Crippen LogP contribution in [0.2, 0.25) is 0 Å². The van der Waals surface area contributed by atoms with Crippen LogP contribution >= 0.6 is 15.9 Å². The van der Waals surface area contributed by atoms with Gasteiger partial charge in [-0.2, -0.15) is 0 Å². The maximum absolute atomic E-state index is 11.1. The van der Waals surface area contributed by atoms with Gasteiger partial charge in [0.15, 0.2) is 0 Å². The molecule has 0 aliphatic carbocycles. The van der Waals surface area contributed by atoms with E-state index in [4.69, 9.17) is 4.74 Å². The summed E-state index contributed by atoms with van der Waals surface area (Å²) in [6.07, 6.45) is 1.42. The van der Waals surface area contributed by atoms with E-state index in [1.165, 1.54) is 12.7 Å². The summed E-state index contributed by atoms with van der Waals surface area (Å²) in [5.41, 5.74) is 1.19. The Morgan fingerprint density at radius 3 is 3.15 bits per heavy atom. The molecule has 4 nitrogen and oxygen atoms in total. The van der Waals surface area contributed by atoms with E-state index in [0.717, 1.165) is 37.1 Å². The largest absolute Gasteiger partial charge is 0.469 e. The van der Waals surface area contributed by atoms with Crippen LogP contribution in [0, 0.1) is 0 Å². The third-order valence-corrected chi connectivity index (χ3v) is 3.95. The number of halogens is 1. The first-order valence-electron chi connectivity index (χ1n) is 6.85. The average Bonchev–Trinajstić information content (AvgIpc) is 2.47. The maximum atomic E-state index is 11.1. The number of benzene rings is 1. The fourth-order valence-electron chi connectivity index (χ4n) is 2.36. The molecule has 20 heavy (non-hydrogen) atoms. The number of hydrogen-bond acceptors (Lipinski definition) is 4. The van der Waals surface area contributed by atoms with E-state index in [1.54, 1.807) is 0 Å². The van der Waals surface area contributed by atoms with E-state index in [1.807, 2.05) is 12.1 Å². The molecule has 1 aliphatic heterocycles. The molecule has 1 fully saturated rings. The molecule has 1 saturated heterocycles. The summed E-state index contributed by atoms with van der Waals surface area (Å²) in [7, 11) is 1.43. The first-order chi connectivity index (χ1) is 9.69. The first kappa shape index (κ1) is 15.5. The Kier molecular flexibility index (Phi) is 6.01. The summed E-state index contributed by atoms with van der Waals surface area (Å²) in [5.74, 6) is -0.137. The number of nitrogens with zero attached hydrogens (tertiary/aromatic N) is 1. The van der Waals surface area contributed by atoms with Gasteiger partial charge in [-0.1, -0.05) is 28.1 Å². The quantitative estimate of drug-likeness (QED) is 0.772. The van der Waals surface area contributed by atoms with Crippen LogP contribution in [-0.2, 0) is 14.3 Å². The molecular formula is C15H20BrNO3. The van der Waals surface area contributed by atoms with Crippen LogP contribution in [0.3, 0.4) is 0 Å². The second-order valence-corrected chi connectivity index (χ2v) is 5.81. The normalized spacial score (nSPS) is 19.8. The van der Waals surface area contributed by atoms with Crippen molar-refractivity contribution in [3.05, 3.63) is 34.3 Å². The lowest BCUT2D eigenvalue weighted by Crippen LogP contribution is -2.39. The van der Waals surface area contributed by atoms with Gasteiger partial charge in [0, 0.05) is 24.0 Å². The topological polar surface area (TPSA) is 38.8 Å². The zero-order valence-electron chi connectivity index (χ0n) is 11.7. The van der Waals surface area contributed by atoms with Crippen molar-refractivity contribution in [2.24, 2.45) is 0 Å². The van der Waals surface area contributed by atoms with Gasteiger partial charge < -0.3 is 9.47 Å². The maximum Gasteiger partial charge on any atom is 0.305 e. The highest BCUT2D eigenvalue weighted by atomic mass is 79.9. The van der Waals surface area contributed by atoms with Crippen LogP contribution in [0.4, 0.5) is 0 Å². The van der Waals surface area contributed by atoms with Crippen molar-refractivity contribution < 1.29 is 14.3 Å². The summed E-state index contributed by atoms with van der Waals surface area (Å²) >= 11 is 3.49. The van der Waals surface area contributed by atoms with Crippen LogP contribution in [0.5, 0.6) is 0 Å². The van der Waals surface area contributed by atoms with Crippen LogP contribution in [0.25, 0.3) is 0 Å². The van der Waals surface area contributed by atoms with Gasteiger partial charge >= 0.3 is 5.97 Å². The molecule has 110 valence electrons. The smallest absolute Gasteiger partial charge is 0.305 e. The van der Waals surface area contributed by atoms with E-state index in [2.05, 4.69) is 37.7 Å². The SMILES string of the molecule is COC(=O)CCCN1CCOC(c2cccc(Br)c2)C1. The Bertz CT molecular complexity index is 452. The number of ether oxygens (including phenoxy) is 2. The van der Waals surface area contributed by atoms with Crippen molar-refractivity contribution in [1.82, 2.24) is 4.90 Å². The van der Waals surface area contributed by atoms with Gasteiger partial charge in [-0.3, -0.25) is 9.69 Å². The van der Waals surface area contributed by atoms with Crippen LogP contribution in [0.1, 0.15) is 24.5 Å². The predicted molar refractivity (Wildman–Crippen MR) is 80.5 cm³/mol. The molecule has 0 saturated carbocycles. The number of methoxy groups -OCH3 is 1. The minimum absolute atomic E-state index is 0.111. The van der Waals surface area contributed by atoms with Crippen LogP contribution in [-0.4, -0.2) is 44.2 Å². The van der Waals surface area contributed by atoms with Crippen LogP contribution in [0.15, 0.2) is 28.7 Å². The monoisotopic (exact) mass is 341 g/mol. The van der Waals surface area contributed by atoms with Crippen LogP contribution < -0.4 is 0 Å². The molecule has 0 bridgehead atoms. The molecule has 2 rings (SSSR count). The lowest BCUT2D eigenvalue weighted by Gasteiger charge is -2.33. The van der Waals surface area contributed by atoms with Crippen molar-refractivity contribution in [3.8, 4) is 0 Å². The van der Waals surface area contributed by atoms with Crippen molar-refractivity contribution in [3.63, 3.8) is 0 Å². The van der Waals surface area contributed by atoms with E-state index >= 15 is 0 Å². The molecule has 1 unspecified atom stereocenters. The van der Waals surface area contributed by atoms with E-state index in [-0.39, 0.29) is 12.1 Å². The van der Waals surface area contributed by atoms with Crippen molar-refractivity contribution in [2.45, 2.75) is 18.9 Å². The minimum atomic E-state index is -0.137. The standard InChI is InChI=1S/C15H20BrNO3/c1-19-15(18)6-3-7-17-8-9-20-14(11-17)12-4-2-5-13(16)10-12/h2,4-5,10,14H,3,6-9,11H2,1H3. The molecule has 1 aromatic rings. The lowest BCUT2D eigenvalue weighted by molar-refractivity contribution is -0.140. The number of esters is 1. The fourth-order valence-corrected chi connectivity index (χ4v) is 2.78. The summed E-state index contributed by atoms with van der Waals surface area (Å²) in [5, 5.41) is 0. The highest BCUT2D eigenvalue weighted by Crippen LogP contribution is 2.24. The Morgan fingerprint density at radius 1 is 1.55 bits per heavy atom. The molecule has 1 atom stereocenters. The number of morpholine rings is 1. The van der Waals surface area contributed by atoms with Gasteiger partial charge in [-0.25, -0.2) is 0 Å². The Balaban J connectivity index is 1.84. The molecular weight excluding hydrogens is 322 g/mol. The molecule has 1 aliphatic rings. The summed E-state index contributed by atoms with van der Waals surface area (Å²) in [6.45, 7) is 3.43. The first-order valence-corrected chi connectivity index (χ1v) is 7.64. The van der Waals surface area contributed by atoms with Crippen molar-refractivity contribution in [1.29, 1.82) is 0 Å². The Hall–Kier alpha value is -0.910. The highest BCUT2D eigenvalue weighted by Gasteiger charge is 2.21. The third-order valence-electron chi connectivity index (χ3n) is 3.45. The number of carbonyl (C=O) groups excluding carboxylic acids is 1. The molecule has 0 amide bonds. The molecule has 1 heterocycles. The second-order valence-electron chi connectivity index (χ2n) is 4.89. The number of carbonyl (C=O) groups is 1. The van der Waals surface area contributed by atoms with Gasteiger partial charge in [0.05, 0.1) is 19.8 Å². The molecule has 0 N–H and O–H groups in total. The van der Waals surface area contributed by atoms with E-state index in [9.17, 15) is 4.79 Å². The van der Waals surface area contributed by atoms with Gasteiger partial charge in [0.1, 0.15) is 0 Å². The van der Waals surface area contributed by atoms with Gasteiger partial charge in [-0.15, -0.1) is 0 Å². The van der Waals surface area contributed by atoms with E-state index < -0.39 is 0 Å². The number of hydrogen-bond donors (Lipinski definition) is 0. The molecule has 1 aromatic carbocycles. The minimum Gasteiger partial charge on any atom is -0.469 e. The van der Waals surface area contributed by atoms with Crippen molar-refractivity contribution in [2.75, 3.05) is 33.4 Å². The number of rotatable bonds is 5. The van der Waals surface area contributed by atoms with Gasteiger partial charge in [0.25, 0.3) is 0 Å². The zero-order valence-corrected chi connectivity index (χ0v) is 13.3. The third kappa shape index (κ3) is 4.58. The van der Waals surface area contributed by atoms with E-state index in [0.29, 0.717) is 6.42 Å². The molecule has 0 aromatic heterocycles. The lowest BCUT2D eigenvalue weighted by atomic mass is 10.1. The highest BCUT2D eigenvalue weighted by molar-refractivity contribution is 9.10. The fraction of sp³-hybridized carbons (Fsp3) is 0.533. The Morgan fingerprint density at radius 2 is 2.40 bits per heavy atom. The average molecular weight is 342 g/mol. The van der Waals surface area contributed by atoms with Gasteiger partial charge in [-0.05, 0) is 30.7 Å². The summed E-state index contributed by atoms with van der Waals surface area (Å²) in [6, 6.07) is 8.23. The molecule has 0 radical (unpaired) electrons. The van der Waals surface area contributed by atoms with Crippen molar-refractivity contribution >= 4 is 21.9 Å². The summed E-state index contributed by atoms with van der Waals surface area (Å²) < 4.78 is 11.6. The molecule has 5 heteroatoms. The summed E-state index contributed by atoms with van der Waals surface area (Å²) in [4.78, 5) is 13.5.